The van der Waals surface area contributed by atoms with Gasteiger partial charge in [0, 0.05) is 24.8 Å². The molecule has 4 heterocycles. The first-order valence-corrected chi connectivity index (χ1v) is 12.2. The van der Waals surface area contributed by atoms with E-state index in [1.54, 1.807) is 41.2 Å². The van der Waals surface area contributed by atoms with Gasteiger partial charge in [0.15, 0.2) is 9.84 Å². The van der Waals surface area contributed by atoms with E-state index in [9.17, 15) is 26.4 Å². The lowest BCUT2D eigenvalue weighted by Gasteiger charge is -2.33. The zero-order valence-electron chi connectivity index (χ0n) is 17.7. The highest BCUT2D eigenvalue weighted by atomic mass is 32.2. The molecule has 1 saturated heterocycles. The van der Waals surface area contributed by atoms with Gasteiger partial charge in [-0.1, -0.05) is 6.08 Å². The Morgan fingerprint density at radius 3 is 2.64 bits per heavy atom. The van der Waals surface area contributed by atoms with Gasteiger partial charge in [-0.3, -0.25) is 14.7 Å². The zero-order chi connectivity index (χ0) is 23.6. The predicted octanol–water partition coefficient (Wildman–Crippen LogP) is 2.23. The van der Waals surface area contributed by atoms with Gasteiger partial charge in [0.2, 0.25) is 0 Å². The van der Waals surface area contributed by atoms with E-state index in [4.69, 9.17) is 0 Å². The summed E-state index contributed by atoms with van der Waals surface area (Å²) < 4.78 is 65.2. The van der Waals surface area contributed by atoms with Crippen LogP contribution in [0.15, 0.2) is 47.5 Å². The first-order valence-electron chi connectivity index (χ1n) is 10.6. The topological polar surface area (TPSA) is 96.1 Å². The number of rotatable bonds is 6. The number of aliphatic imine (C=N–C) groups is 1. The van der Waals surface area contributed by atoms with Crippen LogP contribution in [-0.4, -0.2) is 77.7 Å². The van der Waals surface area contributed by atoms with Crippen LogP contribution in [0, 0.1) is 0 Å². The quantitative estimate of drug-likeness (QED) is 0.680. The number of aromatic nitrogens is 2. The molecule has 4 rings (SSSR count). The van der Waals surface area contributed by atoms with Crippen LogP contribution in [0.3, 0.4) is 0 Å². The van der Waals surface area contributed by atoms with Gasteiger partial charge in [-0.05, 0) is 44.5 Å². The van der Waals surface area contributed by atoms with E-state index in [-0.39, 0.29) is 44.8 Å². The molecular formula is C21H24F3N5O3S. The summed E-state index contributed by atoms with van der Waals surface area (Å²) in [6.07, 6.45) is 4.38. The molecule has 8 nitrogen and oxygen atoms in total. The molecule has 1 atom stereocenters. The molecule has 178 valence electrons. The number of hydrogen-bond donors (Lipinski definition) is 1. The minimum atomic E-state index is -4.29. The number of hydrogen-bond acceptors (Lipinski definition) is 6. The summed E-state index contributed by atoms with van der Waals surface area (Å²) in [6, 6.07) is 3.40. The van der Waals surface area contributed by atoms with Gasteiger partial charge in [-0.15, -0.1) is 0 Å². The molecule has 2 aliphatic rings. The number of carbonyl (C=O) groups is 1. The Balaban J connectivity index is 1.28. The minimum absolute atomic E-state index is 0.102. The number of allylic oxidation sites excluding steroid dienone is 1. The number of pyridine rings is 1. The van der Waals surface area contributed by atoms with E-state index >= 15 is 0 Å². The normalized spacial score (nSPS) is 20.7. The summed E-state index contributed by atoms with van der Waals surface area (Å²) in [5.74, 6) is -0.290. The van der Waals surface area contributed by atoms with E-state index in [1.807, 2.05) is 0 Å². The maximum atomic E-state index is 12.9. The van der Waals surface area contributed by atoms with Gasteiger partial charge in [0.1, 0.15) is 10.9 Å². The molecule has 0 radical (unpaired) electrons. The summed E-state index contributed by atoms with van der Waals surface area (Å²) in [5.41, 5.74) is 1.74. The van der Waals surface area contributed by atoms with E-state index in [2.05, 4.69) is 15.3 Å². The van der Waals surface area contributed by atoms with Crippen LogP contribution < -0.4 is 5.32 Å². The lowest BCUT2D eigenvalue weighted by atomic mass is 10.1. The smallest absolute Gasteiger partial charge is 0.346 e. The van der Waals surface area contributed by atoms with Gasteiger partial charge in [-0.2, -0.15) is 13.2 Å². The third-order valence-electron chi connectivity index (χ3n) is 5.90. The molecule has 0 aliphatic carbocycles. The molecule has 2 aromatic heterocycles. The number of alkyl halides is 3. The number of halogens is 3. The molecule has 0 bridgehead atoms. The third kappa shape index (κ3) is 5.61. The SMILES string of the molecule is O=C(NCC1=CCC(S(=O)(=O)C2CCN(CC(F)(F)F)CC2)C=N1)c1ccc2nccn2c1. The molecule has 1 fully saturated rings. The Morgan fingerprint density at radius 1 is 1.21 bits per heavy atom. The van der Waals surface area contributed by atoms with Crippen LogP contribution >= 0.6 is 0 Å². The van der Waals surface area contributed by atoms with Crippen LogP contribution in [-0.2, 0) is 9.84 Å². The summed E-state index contributed by atoms with van der Waals surface area (Å²) in [4.78, 5) is 22.0. The monoisotopic (exact) mass is 483 g/mol. The Bertz CT molecular complexity index is 1180. The number of sulfone groups is 1. The number of piperidine rings is 1. The second-order valence-electron chi connectivity index (χ2n) is 8.22. The number of likely N-dealkylation sites (tertiary alicyclic amines) is 1. The number of nitrogens with one attached hydrogen (secondary N) is 1. The molecule has 1 amide bonds. The van der Waals surface area contributed by atoms with Crippen molar-refractivity contribution in [1.29, 1.82) is 0 Å². The fourth-order valence-corrected chi connectivity index (χ4v) is 6.06. The molecule has 0 spiro atoms. The first-order chi connectivity index (χ1) is 15.6. The van der Waals surface area contributed by atoms with Crippen LogP contribution in [0.25, 0.3) is 5.65 Å². The lowest BCUT2D eigenvalue weighted by Crippen LogP contribution is -2.45. The molecule has 1 N–H and O–H groups in total. The molecule has 0 saturated carbocycles. The summed E-state index contributed by atoms with van der Waals surface area (Å²) in [7, 11) is -3.56. The number of carbonyl (C=O) groups excluding carboxylic acids is 1. The molecule has 2 aromatic rings. The average Bonchev–Trinajstić information content (AvgIpc) is 3.25. The number of imidazole rings is 1. The van der Waals surface area contributed by atoms with Crippen LogP contribution in [0.1, 0.15) is 29.6 Å². The summed E-state index contributed by atoms with van der Waals surface area (Å²) >= 11 is 0. The highest BCUT2D eigenvalue weighted by Crippen LogP contribution is 2.26. The van der Waals surface area contributed by atoms with E-state index in [1.165, 1.54) is 11.1 Å². The van der Waals surface area contributed by atoms with Crippen molar-refractivity contribution in [2.45, 2.75) is 35.9 Å². The Hall–Kier alpha value is -2.73. The highest BCUT2D eigenvalue weighted by Gasteiger charge is 2.38. The maximum Gasteiger partial charge on any atom is 0.401 e. The fourth-order valence-electron chi connectivity index (χ4n) is 4.11. The molecule has 2 aliphatic heterocycles. The van der Waals surface area contributed by atoms with Gasteiger partial charge in [0.05, 0.1) is 29.6 Å². The number of amides is 1. The Morgan fingerprint density at radius 2 is 1.97 bits per heavy atom. The lowest BCUT2D eigenvalue weighted by molar-refractivity contribution is -0.147. The number of nitrogens with zero attached hydrogens (tertiary/aromatic N) is 4. The van der Waals surface area contributed by atoms with Crippen molar-refractivity contribution in [3.8, 4) is 0 Å². The van der Waals surface area contributed by atoms with Crippen molar-refractivity contribution in [2.75, 3.05) is 26.2 Å². The molecule has 1 unspecified atom stereocenters. The van der Waals surface area contributed by atoms with Crippen molar-refractivity contribution >= 4 is 27.6 Å². The van der Waals surface area contributed by atoms with Gasteiger partial charge < -0.3 is 9.72 Å². The zero-order valence-corrected chi connectivity index (χ0v) is 18.5. The largest absolute Gasteiger partial charge is 0.401 e. The van der Waals surface area contributed by atoms with Gasteiger partial charge in [0.25, 0.3) is 5.91 Å². The van der Waals surface area contributed by atoms with Crippen molar-refractivity contribution in [2.24, 2.45) is 4.99 Å². The molecular weight excluding hydrogens is 459 g/mol. The van der Waals surface area contributed by atoms with Gasteiger partial charge >= 0.3 is 6.18 Å². The van der Waals surface area contributed by atoms with Crippen molar-refractivity contribution in [1.82, 2.24) is 19.6 Å². The second-order valence-corrected chi connectivity index (χ2v) is 10.7. The van der Waals surface area contributed by atoms with Crippen molar-refractivity contribution in [3.05, 3.63) is 48.1 Å². The average molecular weight is 484 g/mol. The van der Waals surface area contributed by atoms with E-state index in [0.29, 0.717) is 11.3 Å². The fraction of sp³-hybridized carbons (Fsp3) is 0.476. The summed E-state index contributed by atoms with van der Waals surface area (Å²) in [5, 5.41) is 1.28. The summed E-state index contributed by atoms with van der Waals surface area (Å²) in [6.45, 7) is -0.658. The van der Waals surface area contributed by atoms with Crippen LogP contribution in [0.5, 0.6) is 0 Å². The minimum Gasteiger partial charge on any atom is -0.346 e. The second kappa shape index (κ2) is 9.26. The van der Waals surface area contributed by atoms with E-state index in [0.717, 1.165) is 5.65 Å². The Labute approximate surface area is 189 Å². The third-order valence-corrected chi connectivity index (χ3v) is 8.46. The predicted molar refractivity (Wildman–Crippen MR) is 117 cm³/mol. The molecule has 33 heavy (non-hydrogen) atoms. The molecule has 0 aromatic carbocycles. The van der Waals surface area contributed by atoms with Crippen LogP contribution in [0.2, 0.25) is 0 Å². The highest BCUT2D eigenvalue weighted by molar-refractivity contribution is 7.93. The van der Waals surface area contributed by atoms with Crippen molar-refractivity contribution in [3.63, 3.8) is 0 Å². The van der Waals surface area contributed by atoms with Crippen LogP contribution in [0.4, 0.5) is 13.2 Å². The van der Waals surface area contributed by atoms with Gasteiger partial charge in [-0.25, -0.2) is 13.4 Å². The molecule has 12 heteroatoms. The van der Waals surface area contributed by atoms with Crippen molar-refractivity contribution < 1.29 is 26.4 Å². The standard InChI is InChI=1S/C21H24F3N5O3S/c22-21(23,24)14-28-8-5-17(6-9-28)33(31,32)18-3-2-16(26-12-18)11-27-20(30)15-1-4-19-25-7-10-29(19)13-15/h1-2,4,7,10,12-13,17-18H,3,5-6,8-9,11,14H2,(H,27,30). The number of fused-ring (bicyclic) bond motifs is 1. The first kappa shape index (κ1) is 23.4. The van der Waals surface area contributed by atoms with E-state index < -0.39 is 33.1 Å². The Kier molecular flexibility index (Phi) is 6.57. The maximum absolute atomic E-state index is 12.9.